The SMILES string of the molecule is O=c1cc(-c2noc(C3(C(F)F)CCCC3)n2)cc[nH]1. The number of pyridine rings is 1. The summed E-state index contributed by atoms with van der Waals surface area (Å²) >= 11 is 0. The van der Waals surface area contributed by atoms with E-state index in [1.165, 1.54) is 12.3 Å². The molecule has 0 amide bonds. The summed E-state index contributed by atoms with van der Waals surface area (Å²) in [4.78, 5) is 17.8. The minimum Gasteiger partial charge on any atom is -0.338 e. The van der Waals surface area contributed by atoms with Gasteiger partial charge >= 0.3 is 0 Å². The van der Waals surface area contributed by atoms with Gasteiger partial charge in [-0.05, 0) is 18.9 Å². The van der Waals surface area contributed by atoms with E-state index >= 15 is 0 Å². The maximum atomic E-state index is 13.4. The van der Waals surface area contributed by atoms with E-state index in [2.05, 4.69) is 15.1 Å². The Kier molecular flexibility index (Phi) is 3.11. The van der Waals surface area contributed by atoms with Gasteiger partial charge in [0.05, 0.1) is 0 Å². The molecule has 2 aromatic rings. The molecule has 106 valence electrons. The predicted octanol–water partition coefficient (Wildman–Crippen LogP) is 2.50. The molecule has 0 atom stereocenters. The van der Waals surface area contributed by atoms with Crippen molar-refractivity contribution in [2.45, 2.75) is 37.5 Å². The Bertz CT molecular complexity index is 659. The third kappa shape index (κ3) is 2.03. The quantitative estimate of drug-likeness (QED) is 0.938. The molecular formula is C13H13F2N3O2. The molecule has 3 rings (SSSR count). The van der Waals surface area contributed by atoms with Gasteiger partial charge in [-0.3, -0.25) is 4.79 Å². The van der Waals surface area contributed by atoms with Crippen molar-refractivity contribution in [3.63, 3.8) is 0 Å². The van der Waals surface area contributed by atoms with Crippen molar-refractivity contribution in [1.82, 2.24) is 15.1 Å². The van der Waals surface area contributed by atoms with Crippen LogP contribution < -0.4 is 5.56 Å². The molecule has 5 nitrogen and oxygen atoms in total. The number of nitrogens with one attached hydrogen (secondary N) is 1. The average molecular weight is 281 g/mol. The van der Waals surface area contributed by atoms with E-state index in [1.807, 2.05) is 0 Å². The number of nitrogens with zero attached hydrogens (tertiary/aromatic N) is 2. The van der Waals surface area contributed by atoms with Crippen LogP contribution >= 0.6 is 0 Å². The van der Waals surface area contributed by atoms with E-state index in [0.29, 0.717) is 18.4 Å². The molecule has 1 aliphatic carbocycles. The second-order valence-electron chi connectivity index (χ2n) is 5.03. The molecular weight excluding hydrogens is 268 g/mol. The van der Waals surface area contributed by atoms with E-state index in [9.17, 15) is 13.6 Å². The minimum atomic E-state index is -2.53. The Balaban J connectivity index is 1.99. The highest BCUT2D eigenvalue weighted by Crippen LogP contribution is 2.45. The first-order valence-electron chi connectivity index (χ1n) is 6.43. The normalized spacial score (nSPS) is 17.8. The molecule has 2 heterocycles. The lowest BCUT2D eigenvalue weighted by Gasteiger charge is -2.22. The summed E-state index contributed by atoms with van der Waals surface area (Å²) in [5, 5.41) is 3.73. The molecule has 0 saturated heterocycles. The Morgan fingerprint density at radius 1 is 1.35 bits per heavy atom. The van der Waals surface area contributed by atoms with Crippen LogP contribution in [0.5, 0.6) is 0 Å². The Hall–Kier alpha value is -2.05. The van der Waals surface area contributed by atoms with E-state index in [0.717, 1.165) is 12.8 Å². The van der Waals surface area contributed by atoms with Gasteiger partial charge in [-0.15, -0.1) is 0 Å². The van der Waals surface area contributed by atoms with Gasteiger partial charge < -0.3 is 9.51 Å². The number of halogens is 2. The van der Waals surface area contributed by atoms with Crippen molar-refractivity contribution in [3.8, 4) is 11.4 Å². The van der Waals surface area contributed by atoms with Crippen LogP contribution in [-0.4, -0.2) is 21.6 Å². The third-order valence-electron chi connectivity index (χ3n) is 3.80. The summed E-state index contributed by atoms with van der Waals surface area (Å²) in [5.41, 5.74) is -1.18. The number of rotatable bonds is 3. The Morgan fingerprint density at radius 2 is 2.10 bits per heavy atom. The van der Waals surface area contributed by atoms with E-state index in [1.54, 1.807) is 6.07 Å². The first-order valence-corrected chi connectivity index (χ1v) is 6.43. The zero-order chi connectivity index (χ0) is 14.2. The zero-order valence-electron chi connectivity index (χ0n) is 10.6. The zero-order valence-corrected chi connectivity index (χ0v) is 10.6. The fourth-order valence-corrected chi connectivity index (χ4v) is 2.66. The summed E-state index contributed by atoms with van der Waals surface area (Å²) in [6, 6.07) is 2.90. The van der Waals surface area contributed by atoms with Crippen LogP contribution in [0.25, 0.3) is 11.4 Å². The molecule has 20 heavy (non-hydrogen) atoms. The summed E-state index contributed by atoms with van der Waals surface area (Å²) in [7, 11) is 0. The monoisotopic (exact) mass is 281 g/mol. The predicted molar refractivity (Wildman–Crippen MR) is 66.5 cm³/mol. The molecule has 7 heteroatoms. The third-order valence-corrected chi connectivity index (χ3v) is 3.80. The van der Waals surface area contributed by atoms with Crippen LogP contribution in [0.3, 0.4) is 0 Å². The maximum Gasteiger partial charge on any atom is 0.252 e. The molecule has 0 aromatic carbocycles. The molecule has 2 aromatic heterocycles. The molecule has 1 fully saturated rings. The van der Waals surface area contributed by atoms with Crippen LogP contribution in [0.2, 0.25) is 0 Å². The van der Waals surface area contributed by atoms with Crippen molar-refractivity contribution in [3.05, 3.63) is 34.6 Å². The molecule has 0 spiro atoms. The van der Waals surface area contributed by atoms with Crippen LogP contribution in [0, 0.1) is 0 Å². The van der Waals surface area contributed by atoms with Gasteiger partial charge in [-0.25, -0.2) is 8.78 Å². The average Bonchev–Trinajstić information content (AvgIpc) is 3.08. The lowest BCUT2D eigenvalue weighted by atomic mass is 9.86. The molecule has 1 N–H and O–H groups in total. The summed E-state index contributed by atoms with van der Waals surface area (Å²) in [6.45, 7) is 0. The molecule has 0 aliphatic heterocycles. The van der Waals surface area contributed by atoms with Crippen molar-refractivity contribution < 1.29 is 13.3 Å². The van der Waals surface area contributed by atoms with Gasteiger partial charge in [-0.1, -0.05) is 18.0 Å². The molecule has 1 saturated carbocycles. The highest BCUT2D eigenvalue weighted by molar-refractivity contribution is 5.52. The van der Waals surface area contributed by atoms with E-state index < -0.39 is 11.8 Å². The van der Waals surface area contributed by atoms with Gasteiger partial charge in [0.1, 0.15) is 5.41 Å². The van der Waals surface area contributed by atoms with Gasteiger partial charge in [0.2, 0.25) is 17.3 Å². The standard InChI is InChI=1S/C13H13F2N3O2/c14-11(15)13(4-1-2-5-13)12-17-10(18-20-12)8-3-6-16-9(19)7-8/h3,6-7,11H,1-2,4-5H2,(H,16,19). The largest absolute Gasteiger partial charge is 0.338 e. The Morgan fingerprint density at radius 3 is 2.75 bits per heavy atom. The Labute approximate surface area is 113 Å². The summed E-state index contributed by atoms with van der Waals surface area (Å²) in [6.07, 6.45) is 1.08. The second kappa shape index (κ2) is 4.81. The van der Waals surface area contributed by atoms with Crippen LogP contribution in [0.4, 0.5) is 8.78 Å². The molecule has 0 radical (unpaired) electrons. The van der Waals surface area contributed by atoms with Crippen molar-refractivity contribution in [2.24, 2.45) is 0 Å². The van der Waals surface area contributed by atoms with Gasteiger partial charge in [0.25, 0.3) is 6.43 Å². The second-order valence-corrected chi connectivity index (χ2v) is 5.03. The van der Waals surface area contributed by atoms with Gasteiger partial charge in [0, 0.05) is 17.8 Å². The van der Waals surface area contributed by atoms with Crippen LogP contribution in [0.1, 0.15) is 31.6 Å². The molecule has 1 aliphatic rings. The topological polar surface area (TPSA) is 71.8 Å². The fraction of sp³-hybridized carbons (Fsp3) is 0.462. The lowest BCUT2D eigenvalue weighted by molar-refractivity contribution is 0.0328. The smallest absolute Gasteiger partial charge is 0.252 e. The van der Waals surface area contributed by atoms with Crippen LogP contribution in [0.15, 0.2) is 27.6 Å². The van der Waals surface area contributed by atoms with Crippen LogP contribution in [-0.2, 0) is 5.41 Å². The molecule has 0 bridgehead atoms. The van der Waals surface area contributed by atoms with Gasteiger partial charge in [0.15, 0.2) is 0 Å². The first-order chi connectivity index (χ1) is 9.62. The summed E-state index contributed by atoms with van der Waals surface area (Å²) < 4.78 is 31.8. The number of aromatic amines is 1. The first kappa shape index (κ1) is 13.0. The van der Waals surface area contributed by atoms with Gasteiger partial charge in [-0.2, -0.15) is 4.98 Å². The number of H-pyrrole nitrogens is 1. The van der Waals surface area contributed by atoms with Crippen molar-refractivity contribution in [1.29, 1.82) is 0 Å². The number of hydrogen-bond acceptors (Lipinski definition) is 4. The number of hydrogen-bond donors (Lipinski definition) is 1. The number of aromatic nitrogens is 3. The van der Waals surface area contributed by atoms with Crippen molar-refractivity contribution >= 4 is 0 Å². The highest BCUT2D eigenvalue weighted by atomic mass is 19.3. The molecule has 0 unspecified atom stereocenters. The lowest BCUT2D eigenvalue weighted by Crippen LogP contribution is -2.31. The number of alkyl halides is 2. The van der Waals surface area contributed by atoms with E-state index in [4.69, 9.17) is 4.52 Å². The fourth-order valence-electron chi connectivity index (χ4n) is 2.66. The van der Waals surface area contributed by atoms with E-state index in [-0.39, 0.29) is 17.3 Å². The highest BCUT2D eigenvalue weighted by Gasteiger charge is 2.48. The summed E-state index contributed by atoms with van der Waals surface area (Å²) in [5.74, 6) is 0.137. The maximum absolute atomic E-state index is 13.4. The van der Waals surface area contributed by atoms with Crippen molar-refractivity contribution in [2.75, 3.05) is 0 Å². The minimum absolute atomic E-state index is 0.0275.